The van der Waals surface area contributed by atoms with Gasteiger partial charge in [0.1, 0.15) is 5.82 Å². The summed E-state index contributed by atoms with van der Waals surface area (Å²) in [6.45, 7) is 0.0684. The molecular formula is C19H16ClF3N4O. The molecule has 0 aliphatic heterocycles. The fourth-order valence-electron chi connectivity index (χ4n) is 2.43. The van der Waals surface area contributed by atoms with Gasteiger partial charge in [-0.2, -0.15) is 18.2 Å². The SMILES string of the molecule is OC(CNc1ccnc(Nc2cccc(Cl)c2)n1)c1ccc(C(F)(F)F)cc1. The second-order valence-electron chi connectivity index (χ2n) is 5.92. The largest absolute Gasteiger partial charge is 0.416 e. The summed E-state index contributed by atoms with van der Waals surface area (Å²) in [5, 5.41) is 16.7. The molecule has 0 fully saturated rings. The maximum atomic E-state index is 12.6. The van der Waals surface area contributed by atoms with Gasteiger partial charge in [0.25, 0.3) is 0 Å². The molecule has 1 atom stereocenters. The summed E-state index contributed by atoms with van der Waals surface area (Å²) < 4.78 is 37.8. The Balaban J connectivity index is 1.61. The van der Waals surface area contributed by atoms with Gasteiger partial charge in [-0.25, -0.2) is 4.98 Å². The minimum absolute atomic E-state index is 0.0684. The minimum atomic E-state index is -4.41. The molecule has 1 unspecified atom stereocenters. The summed E-state index contributed by atoms with van der Waals surface area (Å²) >= 11 is 5.94. The maximum absolute atomic E-state index is 12.6. The van der Waals surface area contributed by atoms with E-state index in [1.807, 2.05) is 6.07 Å². The van der Waals surface area contributed by atoms with Crippen molar-refractivity contribution < 1.29 is 18.3 Å². The van der Waals surface area contributed by atoms with Gasteiger partial charge < -0.3 is 15.7 Å². The summed E-state index contributed by atoms with van der Waals surface area (Å²) in [4.78, 5) is 8.38. The normalized spacial score (nSPS) is 12.5. The van der Waals surface area contributed by atoms with Gasteiger partial charge >= 0.3 is 6.18 Å². The molecular weight excluding hydrogens is 393 g/mol. The van der Waals surface area contributed by atoms with Crippen LogP contribution in [0.25, 0.3) is 0 Å². The zero-order chi connectivity index (χ0) is 20.1. The van der Waals surface area contributed by atoms with E-state index in [2.05, 4.69) is 20.6 Å². The van der Waals surface area contributed by atoms with Gasteiger partial charge in [-0.15, -0.1) is 0 Å². The molecule has 0 radical (unpaired) electrons. The number of hydrogen-bond acceptors (Lipinski definition) is 5. The van der Waals surface area contributed by atoms with Crippen LogP contribution in [-0.2, 0) is 6.18 Å². The highest BCUT2D eigenvalue weighted by atomic mass is 35.5. The summed E-state index contributed by atoms with van der Waals surface area (Å²) in [6, 6.07) is 13.1. The lowest BCUT2D eigenvalue weighted by Crippen LogP contribution is -2.14. The third-order valence-corrected chi connectivity index (χ3v) is 4.07. The Hall–Kier alpha value is -2.84. The van der Waals surface area contributed by atoms with Crippen LogP contribution >= 0.6 is 11.6 Å². The molecule has 0 aliphatic carbocycles. The van der Waals surface area contributed by atoms with Gasteiger partial charge in [-0.05, 0) is 42.0 Å². The number of aliphatic hydroxyl groups excluding tert-OH is 1. The fourth-order valence-corrected chi connectivity index (χ4v) is 2.62. The number of nitrogens with zero attached hydrogens (tertiary/aromatic N) is 2. The van der Waals surface area contributed by atoms with E-state index in [0.717, 1.165) is 17.8 Å². The Labute approximate surface area is 164 Å². The molecule has 3 rings (SSSR count). The summed E-state index contributed by atoms with van der Waals surface area (Å²) in [5.74, 6) is 0.779. The summed E-state index contributed by atoms with van der Waals surface area (Å²) in [7, 11) is 0. The van der Waals surface area contributed by atoms with E-state index in [1.54, 1.807) is 24.3 Å². The molecule has 2 aromatic carbocycles. The molecule has 9 heteroatoms. The Kier molecular flexibility index (Phi) is 6.01. The maximum Gasteiger partial charge on any atom is 0.416 e. The number of hydrogen-bond donors (Lipinski definition) is 3. The van der Waals surface area contributed by atoms with E-state index in [0.29, 0.717) is 22.4 Å². The van der Waals surface area contributed by atoms with Crippen molar-refractivity contribution in [1.82, 2.24) is 9.97 Å². The molecule has 28 heavy (non-hydrogen) atoms. The van der Waals surface area contributed by atoms with Crippen LogP contribution in [0.15, 0.2) is 60.8 Å². The lowest BCUT2D eigenvalue weighted by atomic mass is 10.1. The first-order chi connectivity index (χ1) is 13.3. The monoisotopic (exact) mass is 408 g/mol. The highest BCUT2D eigenvalue weighted by Gasteiger charge is 2.30. The minimum Gasteiger partial charge on any atom is -0.387 e. The molecule has 1 heterocycles. The molecule has 146 valence electrons. The number of nitrogens with one attached hydrogen (secondary N) is 2. The Morgan fingerprint density at radius 2 is 1.82 bits per heavy atom. The highest BCUT2D eigenvalue weighted by molar-refractivity contribution is 6.30. The molecule has 3 aromatic rings. The topological polar surface area (TPSA) is 70.1 Å². The second kappa shape index (κ2) is 8.45. The predicted octanol–water partition coefficient (Wildman–Crippen LogP) is 5.04. The van der Waals surface area contributed by atoms with E-state index >= 15 is 0 Å². The van der Waals surface area contributed by atoms with Gasteiger partial charge in [0.2, 0.25) is 5.95 Å². The van der Waals surface area contributed by atoms with Gasteiger partial charge in [0.05, 0.1) is 11.7 Å². The van der Waals surface area contributed by atoms with Crippen molar-refractivity contribution in [3.8, 4) is 0 Å². The number of aromatic nitrogens is 2. The van der Waals surface area contributed by atoms with E-state index in [4.69, 9.17) is 11.6 Å². The van der Waals surface area contributed by atoms with E-state index in [-0.39, 0.29) is 6.54 Å². The Bertz CT molecular complexity index is 935. The first-order valence-electron chi connectivity index (χ1n) is 8.26. The lowest BCUT2D eigenvalue weighted by molar-refractivity contribution is -0.137. The van der Waals surface area contributed by atoms with Crippen LogP contribution in [0.5, 0.6) is 0 Å². The average molecular weight is 409 g/mol. The molecule has 3 N–H and O–H groups in total. The first kappa shape index (κ1) is 19.9. The van der Waals surface area contributed by atoms with Crippen molar-refractivity contribution in [2.45, 2.75) is 12.3 Å². The van der Waals surface area contributed by atoms with Crippen molar-refractivity contribution in [3.63, 3.8) is 0 Å². The Morgan fingerprint density at radius 3 is 2.50 bits per heavy atom. The lowest BCUT2D eigenvalue weighted by Gasteiger charge is -2.14. The van der Waals surface area contributed by atoms with Crippen molar-refractivity contribution in [2.75, 3.05) is 17.2 Å². The third-order valence-electron chi connectivity index (χ3n) is 3.84. The van der Waals surface area contributed by atoms with Crippen molar-refractivity contribution in [1.29, 1.82) is 0 Å². The zero-order valence-electron chi connectivity index (χ0n) is 14.4. The van der Waals surface area contributed by atoms with Crippen LogP contribution in [0.2, 0.25) is 5.02 Å². The molecule has 0 aliphatic rings. The van der Waals surface area contributed by atoms with Crippen LogP contribution < -0.4 is 10.6 Å². The van der Waals surface area contributed by atoms with Crippen molar-refractivity contribution in [2.24, 2.45) is 0 Å². The van der Waals surface area contributed by atoms with Crippen LogP contribution in [0.4, 0.5) is 30.6 Å². The van der Waals surface area contributed by atoms with Crippen LogP contribution in [0.1, 0.15) is 17.2 Å². The molecule has 0 amide bonds. The van der Waals surface area contributed by atoms with Crippen molar-refractivity contribution >= 4 is 29.1 Å². The Morgan fingerprint density at radius 1 is 1.07 bits per heavy atom. The predicted molar refractivity (Wildman–Crippen MR) is 102 cm³/mol. The van der Waals surface area contributed by atoms with Gasteiger partial charge in [0.15, 0.2) is 0 Å². The smallest absolute Gasteiger partial charge is 0.387 e. The molecule has 0 spiro atoms. The number of rotatable bonds is 6. The highest BCUT2D eigenvalue weighted by Crippen LogP contribution is 2.30. The summed E-state index contributed by atoms with van der Waals surface area (Å²) in [5.41, 5.74) is 0.324. The molecule has 5 nitrogen and oxygen atoms in total. The summed E-state index contributed by atoms with van der Waals surface area (Å²) in [6.07, 6.45) is -3.87. The van der Waals surface area contributed by atoms with Gasteiger partial charge in [0, 0.05) is 23.5 Å². The molecule has 0 saturated heterocycles. The van der Waals surface area contributed by atoms with Crippen LogP contribution in [0.3, 0.4) is 0 Å². The molecule has 0 bridgehead atoms. The zero-order valence-corrected chi connectivity index (χ0v) is 15.2. The van der Waals surface area contributed by atoms with Gasteiger partial charge in [-0.3, -0.25) is 0 Å². The van der Waals surface area contributed by atoms with E-state index in [1.165, 1.54) is 18.3 Å². The van der Waals surface area contributed by atoms with Gasteiger partial charge in [-0.1, -0.05) is 29.8 Å². The number of alkyl halides is 3. The number of anilines is 3. The first-order valence-corrected chi connectivity index (χ1v) is 8.64. The molecule has 0 saturated carbocycles. The van der Waals surface area contributed by atoms with Crippen LogP contribution in [-0.4, -0.2) is 21.6 Å². The quantitative estimate of drug-likeness (QED) is 0.533. The van der Waals surface area contributed by atoms with Crippen molar-refractivity contribution in [3.05, 3.63) is 76.9 Å². The standard InChI is InChI=1S/C19H16ClF3N4O/c20-14-2-1-3-15(10-14)26-18-24-9-8-17(27-18)25-11-16(28)12-4-6-13(7-5-12)19(21,22)23/h1-10,16,28H,11H2,(H2,24,25,26,27). The average Bonchev–Trinajstić information content (AvgIpc) is 2.66. The third kappa shape index (κ3) is 5.34. The number of halogens is 4. The number of aliphatic hydroxyl groups is 1. The van der Waals surface area contributed by atoms with E-state index < -0.39 is 17.8 Å². The number of benzene rings is 2. The van der Waals surface area contributed by atoms with E-state index in [9.17, 15) is 18.3 Å². The molecule has 1 aromatic heterocycles. The van der Waals surface area contributed by atoms with Crippen LogP contribution in [0, 0.1) is 0 Å². The second-order valence-corrected chi connectivity index (χ2v) is 6.35. The fraction of sp³-hybridized carbons (Fsp3) is 0.158.